The smallest absolute Gasteiger partial charge is 0.415 e. The fraction of sp³-hybridized carbons (Fsp3) is 0.514. The maximum atomic E-state index is 14.1. The van der Waals surface area contributed by atoms with E-state index in [1.807, 2.05) is 13.0 Å². The summed E-state index contributed by atoms with van der Waals surface area (Å²) >= 11 is 0. The summed E-state index contributed by atoms with van der Waals surface area (Å²) in [4.78, 5) is 75.0. The van der Waals surface area contributed by atoms with Gasteiger partial charge >= 0.3 is 28.1 Å². The summed E-state index contributed by atoms with van der Waals surface area (Å²) in [5.41, 5.74) is -0.541. The first-order chi connectivity index (χ1) is 25.9. The largest absolute Gasteiger partial charge is 0.457 e. The first-order valence-electron chi connectivity index (χ1n) is 18.5. The minimum Gasteiger partial charge on any atom is -0.457 e. The van der Waals surface area contributed by atoms with Gasteiger partial charge in [0.05, 0.1) is 29.0 Å². The minimum absolute atomic E-state index is 0.0995. The van der Waals surface area contributed by atoms with Gasteiger partial charge in [0.2, 0.25) is 5.60 Å². The van der Waals surface area contributed by atoms with Crippen LogP contribution in [0.4, 0.5) is 4.79 Å². The molecule has 5 aliphatic heterocycles. The van der Waals surface area contributed by atoms with Crippen LogP contribution in [0.25, 0.3) is 22.3 Å². The molecule has 0 radical (unpaired) electrons. The highest BCUT2D eigenvalue weighted by Gasteiger charge is 2.53. The van der Waals surface area contributed by atoms with Gasteiger partial charge in [0.1, 0.15) is 18.9 Å². The van der Waals surface area contributed by atoms with Crippen molar-refractivity contribution in [3.63, 3.8) is 0 Å². The summed E-state index contributed by atoms with van der Waals surface area (Å²) in [5.74, 6) is -2.58. The molecular formula is C37H41N5O11S. The summed E-state index contributed by atoms with van der Waals surface area (Å²) in [6.45, 7) is 6.25. The van der Waals surface area contributed by atoms with E-state index in [4.69, 9.17) is 19.2 Å². The highest BCUT2D eigenvalue weighted by molar-refractivity contribution is 7.93. The Morgan fingerprint density at radius 3 is 2.44 bits per heavy atom. The Bertz CT molecular complexity index is 2260. The number of likely N-dealkylation sites (tertiary alicyclic amines) is 2. The number of pyridine rings is 2. The fourth-order valence-electron chi connectivity index (χ4n) is 8.37. The molecule has 0 saturated carbocycles. The van der Waals surface area contributed by atoms with Crippen LogP contribution in [0.5, 0.6) is 5.75 Å². The molecule has 3 aromatic rings. The lowest BCUT2D eigenvalue weighted by Gasteiger charge is -2.39. The average Bonchev–Trinajstić information content (AvgIpc) is 3.67. The number of aryl methyl sites for hydroxylation is 1. The zero-order valence-electron chi connectivity index (χ0n) is 30.1. The van der Waals surface area contributed by atoms with Crippen LogP contribution in [0.15, 0.2) is 29.1 Å². The molecule has 0 bridgehead atoms. The first kappa shape index (κ1) is 36.1. The third kappa shape index (κ3) is 6.21. The molecule has 16 nitrogen and oxygen atoms in total. The van der Waals surface area contributed by atoms with Crippen molar-refractivity contribution in [3.05, 3.63) is 56.9 Å². The number of carbonyl (C=O) groups excluding carboxylic acids is 4. The van der Waals surface area contributed by atoms with Crippen molar-refractivity contribution in [2.24, 2.45) is 0 Å². The van der Waals surface area contributed by atoms with Crippen molar-refractivity contribution < 1.29 is 46.0 Å². The molecule has 1 N–H and O–H groups in total. The van der Waals surface area contributed by atoms with Crippen molar-refractivity contribution in [3.8, 4) is 17.1 Å². The van der Waals surface area contributed by atoms with E-state index in [-0.39, 0.29) is 36.8 Å². The molecule has 7 heterocycles. The van der Waals surface area contributed by atoms with Crippen molar-refractivity contribution in [2.75, 3.05) is 32.7 Å². The molecule has 0 spiro atoms. The molecule has 8 rings (SSSR count). The summed E-state index contributed by atoms with van der Waals surface area (Å²) in [5, 5.41) is 2.92. The maximum Gasteiger partial charge on any atom is 0.415 e. The van der Waals surface area contributed by atoms with Crippen LogP contribution in [-0.4, -0.2) is 95.9 Å². The van der Waals surface area contributed by atoms with Gasteiger partial charge in [-0.15, -0.1) is 0 Å². The summed E-state index contributed by atoms with van der Waals surface area (Å²) in [7, 11) is -3.97. The molecule has 5 aliphatic rings. The standard InChI is InChI=1S/C37H41N5O11S/c1-3-23-24-16-22(51-36(47)41-14-10-21(11-15-41)40-12-6-5-7-13-40)8-9-28(24)39-31-25(23)19-42-29(31)17-27-26(33(42)45)20-50-35(46)37(27,4-2)52-30(43)18-38-32(44)34-53-54(34,48)49/h8-9,16-17,21,34H,3-7,10-15,18-20H2,1-2H3,(H,38,44)/t34?,37-/m0/s1. The molecular weight excluding hydrogens is 722 g/mol. The fourth-order valence-corrected chi connectivity index (χ4v) is 9.20. The van der Waals surface area contributed by atoms with Crippen LogP contribution < -0.4 is 15.6 Å². The van der Waals surface area contributed by atoms with Crippen LogP contribution >= 0.6 is 0 Å². The summed E-state index contributed by atoms with van der Waals surface area (Å²) in [6.07, 6.45) is 5.72. The number of ether oxygens (including phenoxy) is 3. The predicted molar refractivity (Wildman–Crippen MR) is 191 cm³/mol. The normalized spacial score (nSPS) is 23.2. The number of benzene rings is 1. The zero-order valence-corrected chi connectivity index (χ0v) is 30.9. The van der Waals surface area contributed by atoms with E-state index in [9.17, 15) is 32.4 Å². The number of cyclic esters (lactones) is 1. The number of fused-ring (bicyclic) bond motifs is 5. The Morgan fingerprint density at radius 2 is 1.76 bits per heavy atom. The Labute approximate surface area is 310 Å². The lowest BCUT2D eigenvalue weighted by molar-refractivity contribution is -0.189. The van der Waals surface area contributed by atoms with Gasteiger partial charge in [-0.1, -0.05) is 20.3 Å². The van der Waals surface area contributed by atoms with Gasteiger partial charge in [-0.05, 0) is 81.4 Å². The van der Waals surface area contributed by atoms with Crippen LogP contribution in [0.1, 0.15) is 74.6 Å². The number of piperidine rings is 2. The van der Waals surface area contributed by atoms with Crippen molar-refractivity contribution in [1.82, 2.24) is 24.7 Å². The molecule has 2 aromatic heterocycles. The van der Waals surface area contributed by atoms with Crippen LogP contribution in [0.2, 0.25) is 0 Å². The SMILES string of the molecule is CCc1c2c(nc3ccc(OC(=O)N4CCC(N5CCCCC5)CC4)cc13)-c1cc3c(c(=O)n1C2)COC(=O)[C@@]3(CC)OC(=O)CNC(=O)C1OS1(=O)=O. The minimum atomic E-state index is -3.97. The number of nitrogens with one attached hydrogen (secondary N) is 1. The van der Waals surface area contributed by atoms with Gasteiger partial charge in [0, 0.05) is 35.6 Å². The van der Waals surface area contributed by atoms with E-state index in [0.717, 1.165) is 42.4 Å². The van der Waals surface area contributed by atoms with E-state index in [0.29, 0.717) is 48.2 Å². The van der Waals surface area contributed by atoms with Gasteiger partial charge in [-0.25, -0.2) is 18.8 Å². The number of aromatic nitrogens is 2. The quantitative estimate of drug-likeness (QED) is 0.203. The number of nitrogens with zero attached hydrogens (tertiary/aromatic N) is 4. The van der Waals surface area contributed by atoms with Gasteiger partial charge in [-0.2, -0.15) is 8.42 Å². The van der Waals surface area contributed by atoms with E-state index in [2.05, 4.69) is 14.4 Å². The number of hydrogen-bond donors (Lipinski definition) is 1. The van der Waals surface area contributed by atoms with Gasteiger partial charge in [0.25, 0.3) is 16.9 Å². The average molecular weight is 764 g/mol. The highest BCUT2D eigenvalue weighted by atomic mass is 32.2. The third-order valence-electron chi connectivity index (χ3n) is 11.3. The number of rotatable bonds is 8. The number of carbonyl (C=O) groups is 4. The second-order valence-electron chi connectivity index (χ2n) is 14.3. The van der Waals surface area contributed by atoms with Gasteiger partial charge < -0.3 is 33.9 Å². The number of hydrogen-bond acceptors (Lipinski definition) is 13. The number of amides is 2. The summed E-state index contributed by atoms with van der Waals surface area (Å²) in [6, 6.07) is 7.43. The molecule has 17 heteroatoms. The monoisotopic (exact) mass is 763 g/mol. The Kier molecular flexibility index (Phi) is 9.21. The molecule has 2 amide bonds. The second-order valence-corrected chi connectivity index (χ2v) is 15.9. The van der Waals surface area contributed by atoms with Crippen molar-refractivity contribution in [1.29, 1.82) is 0 Å². The van der Waals surface area contributed by atoms with E-state index >= 15 is 0 Å². The Hall–Kier alpha value is -4.87. The predicted octanol–water partition coefficient (Wildman–Crippen LogP) is 2.44. The van der Waals surface area contributed by atoms with E-state index < -0.39 is 51.1 Å². The molecule has 3 fully saturated rings. The molecule has 3 saturated heterocycles. The second kappa shape index (κ2) is 13.8. The molecule has 54 heavy (non-hydrogen) atoms. The van der Waals surface area contributed by atoms with E-state index in [1.165, 1.54) is 19.3 Å². The lowest BCUT2D eigenvalue weighted by Crippen LogP contribution is -2.49. The maximum absolute atomic E-state index is 14.1. The van der Waals surface area contributed by atoms with Crippen LogP contribution in [0.3, 0.4) is 0 Å². The highest BCUT2D eigenvalue weighted by Crippen LogP contribution is 2.42. The topological polar surface area (TPSA) is 196 Å². The van der Waals surface area contributed by atoms with Crippen LogP contribution in [-0.2, 0) is 63.3 Å². The Morgan fingerprint density at radius 1 is 1.02 bits per heavy atom. The molecule has 1 unspecified atom stereocenters. The van der Waals surface area contributed by atoms with Gasteiger partial charge in [0.15, 0.2) is 0 Å². The van der Waals surface area contributed by atoms with Crippen molar-refractivity contribution in [2.45, 2.75) is 89.0 Å². The summed E-state index contributed by atoms with van der Waals surface area (Å²) < 4.78 is 45.4. The molecule has 2 atom stereocenters. The van der Waals surface area contributed by atoms with Gasteiger partial charge in [-0.3, -0.25) is 14.4 Å². The zero-order chi connectivity index (χ0) is 37.9. The first-order valence-corrected chi connectivity index (χ1v) is 19.9. The van der Waals surface area contributed by atoms with Crippen molar-refractivity contribution >= 4 is 45.0 Å². The molecule has 286 valence electrons. The Balaban J connectivity index is 1.05. The molecule has 0 aliphatic carbocycles. The molecule has 1 aromatic carbocycles. The van der Waals surface area contributed by atoms with Crippen LogP contribution in [0, 0.1) is 0 Å². The number of esters is 2. The third-order valence-corrected chi connectivity index (χ3v) is 12.4. The van der Waals surface area contributed by atoms with E-state index in [1.54, 1.807) is 34.6 Å². The lowest BCUT2D eigenvalue weighted by atomic mass is 9.85.